The van der Waals surface area contributed by atoms with Crippen molar-refractivity contribution in [3.63, 3.8) is 0 Å². The third-order valence-electron chi connectivity index (χ3n) is 3.44. The zero-order chi connectivity index (χ0) is 14.8. The summed E-state index contributed by atoms with van der Waals surface area (Å²) in [5.74, 6) is 1.90. The number of hydrogen-bond acceptors (Lipinski definition) is 2. The van der Waals surface area contributed by atoms with Gasteiger partial charge in [0, 0.05) is 12.6 Å². The number of aromatic nitrogens is 2. The van der Waals surface area contributed by atoms with Crippen molar-refractivity contribution >= 4 is 21.4 Å². The lowest BCUT2D eigenvalue weighted by molar-refractivity contribution is 0.318. The molecule has 0 aliphatic rings. The zero-order valence-electron chi connectivity index (χ0n) is 12.1. The third-order valence-corrected chi connectivity index (χ3v) is 4.03. The van der Waals surface area contributed by atoms with E-state index >= 15 is 0 Å². The molecule has 0 saturated carbocycles. The fourth-order valence-electron chi connectivity index (χ4n) is 2.29. The van der Waals surface area contributed by atoms with Gasteiger partial charge in [0.05, 0.1) is 12.1 Å². The molecule has 0 amide bonds. The number of pyridine rings is 1. The van der Waals surface area contributed by atoms with Crippen LogP contribution in [-0.4, -0.2) is 16.0 Å². The topological polar surface area (TPSA) is 26.5 Å². The van der Waals surface area contributed by atoms with Gasteiger partial charge in [0.15, 0.2) is 0 Å². The molecule has 0 N–H and O–H groups in total. The van der Waals surface area contributed by atoms with Gasteiger partial charge >= 0.3 is 0 Å². The van der Waals surface area contributed by atoms with E-state index in [9.17, 15) is 0 Å². The van der Waals surface area contributed by atoms with Gasteiger partial charge in [-0.05, 0) is 59.6 Å². The lowest BCUT2D eigenvalue weighted by Gasteiger charge is -2.06. The maximum Gasteiger partial charge on any atom is 0.132 e. The fraction of sp³-hybridized carbons (Fsp3) is 0.235. The number of fused-ring (bicyclic) bond motifs is 1. The van der Waals surface area contributed by atoms with Crippen LogP contribution in [0.25, 0.3) is 5.52 Å². The van der Waals surface area contributed by atoms with Crippen LogP contribution in [0.4, 0.5) is 0 Å². The summed E-state index contributed by atoms with van der Waals surface area (Å²) < 4.78 is 8.77. The Morgan fingerprint density at radius 1 is 1.10 bits per heavy atom. The van der Waals surface area contributed by atoms with Crippen molar-refractivity contribution < 1.29 is 4.74 Å². The van der Waals surface area contributed by atoms with E-state index in [1.165, 1.54) is 11.1 Å². The summed E-state index contributed by atoms with van der Waals surface area (Å²) in [6, 6.07) is 12.3. The number of hydrogen-bond donors (Lipinski definition) is 0. The van der Waals surface area contributed by atoms with Crippen molar-refractivity contribution in [3.8, 4) is 5.75 Å². The number of ether oxygens (including phenoxy) is 1. The Morgan fingerprint density at radius 2 is 1.86 bits per heavy atom. The lowest BCUT2D eigenvalue weighted by atomic mass is 10.2. The van der Waals surface area contributed by atoms with E-state index in [-0.39, 0.29) is 0 Å². The molecule has 0 fully saturated rings. The molecule has 108 valence electrons. The van der Waals surface area contributed by atoms with Gasteiger partial charge in [-0.25, -0.2) is 4.98 Å². The molecular weight excluding hydrogens is 328 g/mol. The quantitative estimate of drug-likeness (QED) is 0.703. The lowest BCUT2D eigenvalue weighted by Crippen LogP contribution is -2.05. The average molecular weight is 345 g/mol. The van der Waals surface area contributed by atoms with E-state index in [2.05, 4.69) is 69.6 Å². The van der Waals surface area contributed by atoms with Crippen molar-refractivity contribution in [2.45, 2.75) is 20.3 Å². The van der Waals surface area contributed by atoms with E-state index < -0.39 is 0 Å². The number of aryl methyl sites for hydroxylation is 2. The Morgan fingerprint density at radius 3 is 2.62 bits per heavy atom. The first-order chi connectivity index (χ1) is 10.1. The third kappa shape index (κ3) is 3.10. The molecule has 0 radical (unpaired) electrons. The molecule has 2 heterocycles. The molecule has 0 unspecified atom stereocenters. The molecule has 0 atom stereocenters. The summed E-state index contributed by atoms with van der Waals surface area (Å²) in [5, 5.41) is 0. The van der Waals surface area contributed by atoms with Gasteiger partial charge in [-0.2, -0.15) is 0 Å². The largest absolute Gasteiger partial charge is 0.493 e. The molecule has 1 aromatic carbocycles. The van der Waals surface area contributed by atoms with Crippen LogP contribution in [-0.2, 0) is 6.42 Å². The van der Waals surface area contributed by atoms with E-state index in [1.807, 2.05) is 12.1 Å². The second-order valence-corrected chi connectivity index (χ2v) is 5.94. The molecule has 0 bridgehead atoms. The van der Waals surface area contributed by atoms with Crippen molar-refractivity contribution in [3.05, 3.63) is 64.1 Å². The maximum absolute atomic E-state index is 5.78. The summed E-state index contributed by atoms with van der Waals surface area (Å²) in [6.07, 6.45) is 2.83. The van der Waals surface area contributed by atoms with E-state index in [0.29, 0.717) is 6.61 Å². The zero-order valence-corrected chi connectivity index (χ0v) is 13.7. The SMILES string of the molecule is Cc1ccc(OCCc2nc(Br)c3cc(C)ccn23)cc1. The molecule has 4 heteroatoms. The van der Waals surface area contributed by atoms with E-state index in [1.54, 1.807) is 0 Å². The van der Waals surface area contributed by atoms with Crippen LogP contribution in [0.2, 0.25) is 0 Å². The standard InChI is InChI=1S/C17H17BrN2O/c1-12-3-5-14(6-4-12)21-10-8-16-19-17(18)15-11-13(2)7-9-20(15)16/h3-7,9,11H,8,10H2,1-2H3. The first-order valence-electron chi connectivity index (χ1n) is 6.96. The summed E-state index contributed by atoms with van der Waals surface area (Å²) in [6.45, 7) is 4.77. The molecule has 21 heavy (non-hydrogen) atoms. The fourth-order valence-corrected chi connectivity index (χ4v) is 2.80. The van der Waals surface area contributed by atoms with Crippen LogP contribution < -0.4 is 4.74 Å². The van der Waals surface area contributed by atoms with Gasteiger partial charge in [0.25, 0.3) is 0 Å². The van der Waals surface area contributed by atoms with Gasteiger partial charge < -0.3 is 9.14 Å². The average Bonchev–Trinajstić information content (AvgIpc) is 2.77. The maximum atomic E-state index is 5.78. The van der Waals surface area contributed by atoms with Crippen molar-refractivity contribution in [2.24, 2.45) is 0 Å². The van der Waals surface area contributed by atoms with Gasteiger partial charge in [-0.1, -0.05) is 17.7 Å². The Balaban J connectivity index is 1.72. The Hall–Kier alpha value is -1.81. The number of rotatable bonds is 4. The molecule has 3 rings (SSSR count). The Labute approximate surface area is 132 Å². The minimum atomic E-state index is 0.614. The predicted octanol–water partition coefficient (Wildman–Crippen LogP) is 4.34. The van der Waals surface area contributed by atoms with Crippen LogP contribution in [0.1, 0.15) is 17.0 Å². The molecule has 2 aromatic heterocycles. The van der Waals surface area contributed by atoms with Gasteiger partial charge in [-0.15, -0.1) is 0 Å². The second-order valence-electron chi connectivity index (χ2n) is 5.19. The van der Waals surface area contributed by atoms with Gasteiger partial charge in [-0.3, -0.25) is 0 Å². The van der Waals surface area contributed by atoms with Crippen LogP contribution >= 0.6 is 15.9 Å². The summed E-state index contributed by atoms with van der Waals surface area (Å²) in [7, 11) is 0. The van der Waals surface area contributed by atoms with Crippen molar-refractivity contribution in [1.82, 2.24) is 9.38 Å². The normalized spacial score (nSPS) is 11.0. The molecular formula is C17H17BrN2O. The summed E-state index contributed by atoms with van der Waals surface area (Å²) >= 11 is 3.52. The van der Waals surface area contributed by atoms with Crippen LogP contribution in [0.15, 0.2) is 47.2 Å². The highest BCUT2D eigenvalue weighted by Crippen LogP contribution is 2.20. The minimum Gasteiger partial charge on any atom is -0.493 e. The van der Waals surface area contributed by atoms with Crippen molar-refractivity contribution in [2.75, 3.05) is 6.61 Å². The number of imidazole rings is 1. The molecule has 3 nitrogen and oxygen atoms in total. The Bertz CT molecular complexity index is 762. The van der Waals surface area contributed by atoms with Crippen LogP contribution in [0.3, 0.4) is 0 Å². The first kappa shape index (κ1) is 14.1. The van der Waals surface area contributed by atoms with E-state index in [4.69, 9.17) is 4.74 Å². The molecule has 3 aromatic rings. The van der Waals surface area contributed by atoms with E-state index in [0.717, 1.165) is 28.1 Å². The van der Waals surface area contributed by atoms with Gasteiger partial charge in [0.2, 0.25) is 0 Å². The van der Waals surface area contributed by atoms with Crippen LogP contribution in [0, 0.1) is 13.8 Å². The molecule has 0 spiro atoms. The monoisotopic (exact) mass is 344 g/mol. The smallest absolute Gasteiger partial charge is 0.132 e. The number of nitrogens with zero attached hydrogens (tertiary/aromatic N) is 2. The number of benzene rings is 1. The molecule has 0 saturated heterocycles. The highest BCUT2D eigenvalue weighted by atomic mass is 79.9. The highest BCUT2D eigenvalue weighted by molar-refractivity contribution is 9.10. The number of halogens is 1. The Kier molecular flexibility index (Phi) is 3.97. The van der Waals surface area contributed by atoms with Crippen LogP contribution in [0.5, 0.6) is 5.75 Å². The molecule has 0 aliphatic carbocycles. The molecule has 0 aliphatic heterocycles. The minimum absolute atomic E-state index is 0.614. The van der Waals surface area contributed by atoms with Gasteiger partial charge in [0.1, 0.15) is 16.2 Å². The summed E-state index contributed by atoms with van der Waals surface area (Å²) in [4.78, 5) is 4.58. The second kappa shape index (κ2) is 5.90. The predicted molar refractivity (Wildman–Crippen MR) is 88.0 cm³/mol. The van der Waals surface area contributed by atoms with Crippen molar-refractivity contribution in [1.29, 1.82) is 0 Å². The summed E-state index contributed by atoms with van der Waals surface area (Å²) in [5.41, 5.74) is 3.56. The first-order valence-corrected chi connectivity index (χ1v) is 7.75. The highest BCUT2D eigenvalue weighted by Gasteiger charge is 2.09.